The second-order valence-electron chi connectivity index (χ2n) is 7.62. The van der Waals surface area contributed by atoms with Crippen LogP contribution in [0, 0.1) is 0 Å². The maximum absolute atomic E-state index is 12.0. The highest BCUT2D eigenvalue weighted by molar-refractivity contribution is 5.74. The Kier molecular flexibility index (Phi) is 4.34. The van der Waals surface area contributed by atoms with Crippen LogP contribution in [0.3, 0.4) is 0 Å². The number of nitrogens with zero attached hydrogens (tertiary/aromatic N) is 2. The van der Waals surface area contributed by atoms with Crippen molar-refractivity contribution in [3.63, 3.8) is 0 Å². The van der Waals surface area contributed by atoms with E-state index >= 15 is 0 Å². The smallest absolute Gasteiger partial charge is 0.323 e. The van der Waals surface area contributed by atoms with Crippen molar-refractivity contribution in [1.29, 1.82) is 0 Å². The van der Waals surface area contributed by atoms with E-state index in [0.29, 0.717) is 12.6 Å². The van der Waals surface area contributed by atoms with E-state index < -0.39 is 12.0 Å². The Balaban J connectivity index is 1.55. The third-order valence-electron chi connectivity index (χ3n) is 6.28. The first-order valence-corrected chi connectivity index (χ1v) is 9.13. The molecule has 4 aliphatic rings. The molecule has 23 heavy (non-hydrogen) atoms. The van der Waals surface area contributed by atoms with Gasteiger partial charge in [0.2, 0.25) is 0 Å². The van der Waals surface area contributed by atoms with E-state index in [-0.39, 0.29) is 11.6 Å². The molecule has 0 amide bonds. The summed E-state index contributed by atoms with van der Waals surface area (Å²) in [6.45, 7) is 5.40. The van der Waals surface area contributed by atoms with Gasteiger partial charge in [0.05, 0.1) is 25.4 Å². The molecule has 4 aliphatic heterocycles. The van der Waals surface area contributed by atoms with E-state index in [9.17, 15) is 9.90 Å². The van der Waals surface area contributed by atoms with Gasteiger partial charge in [-0.05, 0) is 51.6 Å². The molecule has 0 unspecified atom stereocenters. The van der Waals surface area contributed by atoms with E-state index in [1.165, 1.54) is 0 Å². The highest BCUT2D eigenvalue weighted by Crippen LogP contribution is 2.41. The summed E-state index contributed by atoms with van der Waals surface area (Å²) in [5, 5.41) is 9.89. The van der Waals surface area contributed by atoms with Crippen LogP contribution in [-0.2, 0) is 14.3 Å². The van der Waals surface area contributed by atoms with Gasteiger partial charge in [0.1, 0.15) is 6.04 Å². The fourth-order valence-corrected chi connectivity index (χ4v) is 5.07. The number of carbonyl (C=O) groups is 1. The maximum Gasteiger partial charge on any atom is 0.323 e. The summed E-state index contributed by atoms with van der Waals surface area (Å²) in [6.07, 6.45) is 6.23. The van der Waals surface area contributed by atoms with E-state index in [1.54, 1.807) is 0 Å². The summed E-state index contributed by atoms with van der Waals surface area (Å²) in [7, 11) is 0. The molecule has 0 aromatic rings. The van der Waals surface area contributed by atoms with E-state index in [4.69, 9.17) is 9.47 Å². The van der Waals surface area contributed by atoms with Crippen LogP contribution in [0.15, 0.2) is 0 Å². The van der Waals surface area contributed by atoms with Gasteiger partial charge in [-0.25, -0.2) is 0 Å². The van der Waals surface area contributed by atoms with Crippen molar-refractivity contribution < 1.29 is 19.4 Å². The Morgan fingerprint density at radius 2 is 1.96 bits per heavy atom. The van der Waals surface area contributed by atoms with Crippen LogP contribution >= 0.6 is 0 Å². The Morgan fingerprint density at radius 3 is 2.57 bits per heavy atom. The minimum atomic E-state index is -0.706. The van der Waals surface area contributed by atoms with Gasteiger partial charge in [-0.2, -0.15) is 0 Å². The molecule has 4 heterocycles. The van der Waals surface area contributed by atoms with Gasteiger partial charge in [0.25, 0.3) is 0 Å². The Hall–Kier alpha value is -0.690. The van der Waals surface area contributed by atoms with Gasteiger partial charge < -0.3 is 14.6 Å². The summed E-state index contributed by atoms with van der Waals surface area (Å²) in [5.74, 6) is -0.706. The maximum atomic E-state index is 12.0. The van der Waals surface area contributed by atoms with E-state index in [0.717, 1.165) is 71.4 Å². The SMILES string of the molecule is O=C(O)[C@H]([C@@H]1CCCO1)N1CCC[C@]12CCCN(C1COC1)C2. The van der Waals surface area contributed by atoms with Gasteiger partial charge in [-0.1, -0.05) is 0 Å². The van der Waals surface area contributed by atoms with Crippen LogP contribution in [0.1, 0.15) is 38.5 Å². The lowest BCUT2D eigenvalue weighted by Gasteiger charge is -2.51. The molecule has 0 aromatic heterocycles. The van der Waals surface area contributed by atoms with Gasteiger partial charge in [0, 0.05) is 18.7 Å². The largest absolute Gasteiger partial charge is 0.480 e. The lowest BCUT2D eigenvalue weighted by atomic mass is 9.84. The summed E-state index contributed by atoms with van der Waals surface area (Å²) in [4.78, 5) is 16.9. The van der Waals surface area contributed by atoms with Gasteiger partial charge in [-0.3, -0.25) is 14.6 Å². The van der Waals surface area contributed by atoms with Crippen molar-refractivity contribution in [1.82, 2.24) is 9.80 Å². The Bertz CT molecular complexity index is 450. The predicted octanol–water partition coefficient (Wildman–Crippen LogP) is 0.948. The number of hydrogen-bond donors (Lipinski definition) is 1. The average Bonchev–Trinajstić information content (AvgIpc) is 3.10. The van der Waals surface area contributed by atoms with Crippen LogP contribution in [0.2, 0.25) is 0 Å². The first-order valence-electron chi connectivity index (χ1n) is 9.13. The molecule has 6 nitrogen and oxygen atoms in total. The number of carboxylic acids is 1. The van der Waals surface area contributed by atoms with E-state index in [2.05, 4.69) is 9.80 Å². The zero-order valence-corrected chi connectivity index (χ0v) is 13.8. The zero-order valence-electron chi connectivity index (χ0n) is 13.8. The molecule has 3 atom stereocenters. The van der Waals surface area contributed by atoms with Crippen LogP contribution in [0.4, 0.5) is 0 Å². The molecule has 0 bridgehead atoms. The number of carboxylic acid groups (broad SMARTS) is 1. The summed E-state index contributed by atoms with van der Waals surface area (Å²) < 4.78 is 11.1. The topological polar surface area (TPSA) is 62.2 Å². The molecule has 1 N–H and O–H groups in total. The number of hydrogen-bond acceptors (Lipinski definition) is 5. The number of piperidine rings is 1. The molecule has 0 saturated carbocycles. The third kappa shape index (κ3) is 2.80. The van der Waals surface area contributed by atoms with Crippen LogP contribution in [-0.4, -0.2) is 84.1 Å². The lowest BCUT2D eigenvalue weighted by Crippen LogP contribution is -2.65. The van der Waals surface area contributed by atoms with Crippen LogP contribution in [0.5, 0.6) is 0 Å². The fourth-order valence-electron chi connectivity index (χ4n) is 5.07. The summed E-state index contributed by atoms with van der Waals surface area (Å²) in [6, 6.07) is 0.0678. The molecular formula is C17H28N2O4. The number of rotatable bonds is 4. The minimum Gasteiger partial charge on any atom is -0.480 e. The molecular weight excluding hydrogens is 296 g/mol. The van der Waals surface area contributed by atoms with E-state index in [1.807, 2.05) is 0 Å². The quantitative estimate of drug-likeness (QED) is 0.831. The molecule has 0 radical (unpaired) electrons. The monoisotopic (exact) mass is 324 g/mol. The van der Waals surface area contributed by atoms with Gasteiger partial charge in [0.15, 0.2) is 0 Å². The molecule has 6 heteroatoms. The standard InChI is InChI=1S/C17H28N2O4/c20-16(21)15(14-4-1-9-23-14)19-8-3-6-17(19)5-2-7-18(12-17)13-10-22-11-13/h13-15H,1-12H2,(H,20,21)/t14-,15-,17-/m0/s1. The summed E-state index contributed by atoms with van der Waals surface area (Å²) in [5.41, 5.74) is 0.0306. The average molecular weight is 324 g/mol. The Morgan fingerprint density at radius 1 is 1.17 bits per heavy atom. The van der Waals surface area contributed by atoms with Crippen LogP contribution < -0.4 is 0 Å². The molecule has 130 valence electrons. The zero-order chi connectivity index (χ0) is 15.9. The Labute approximate surface area is 137 Å². The van der Waals surface area contributed by atoms with Crippen molar-refractivity contribution in [3.8, 4) is 0 Å². The van der Waals surface area contributed by atoms with Crippen molar-refractivity contribution in [2.75, 3.05) is 39.5 Å². The fraction of sp³-hybridized carbons (Fsp3) is 0.941. The predicted molar refractivity (Wildman–Crippen MR) is 84.5 cm³/mol. The molecule has 4 saturated heterocycles. The first kappa shape index (κ1) is 15.8. The van der Waals surface area contributed by atoms with Crippen molar-refractivity contribution >= 4 is 5.97 Å². The second-order valence-corrected chi connectivity index (χ2v) is 7.62. The van der Waals surface area contributed by atoms with Crippen molar-refractivity contribution in [3.05, 3.63) is 0 Å². The van der Waals surface area contributed by atoms with Crippen LogP contribution in [0.25, 0.3) is 0 Å². The number of likely N-dealkylation sites (tertiary alicyclic amines) is 2. The van der Waals surface area contributed by atoms with Gasteiger partial charge in [-0.15, -0.1) is 0 Å². The molecule has 1 spiro atoms. The lowest BCUT2D eigenvalue weighted by molar-refractivity contribution is -0.155. The third-order valence-corrected chi connectivity index (χ3v) is 6.28. The molecule has 4 fully saturated rings. The van der Waals surface area contributed by atoms with Crippen molar-refractivity contribution in [2.24, 2.45) is 0 Å². The molecule has 0 aliphatic carbocycles. The second kappa shape index (κ2) is 6.31. The first-order chi connectivity index (χ1) is 11.2. The molecule has 0 aromatic carbocycles. The molecule has 4 rings (SSSR count). The van der Waals surface area contributed by atoms with Gasteiger partial charge >= 0.3 is 5.97 Å². The number of aliphatic carboxylic acids is 1. The number of ether oxygens (including phenoxy) is 2. The van der Waals surface area contributed by atoms with Crippen molar-refractivity contribution in [2.45, 2.75) is 62.3 Å². The normalized spacial score (nSPS) is 38.0. The summed E-state index contributed by atoms with van der Waals surface area (Å²) >= 11 is 0. The highest BCUT2D eigenvalue weighted by atomic mass is 16.5. The minimum absolute atomic E-state index is 0.0306. The highest BCUT2D eigenvalue weighted by Gasteiger charge is 2.52.